The van der Waals surface area contributed by atoms with Crippen molar-refractivity contribution >= 4 is 17.5 Å². The van der Waals surface area contributed by atoms with Gasteiger partial charge in [-0.3, -0.25) is 9.59 Å². The minimum absolute atomic E-state index is 0.0200. The van der Waals surface area contributed by atoms with E-state index in [0.29, 0.717) is 23.6 Å². The Labute approximate surface area is 159 Å². The number of anilines is 1. The van der Waals surface area contributed by atoms with Crippen molar-refractivity contribution in [1.82, 2.24) is 4.90 Å². The van der Waals surface area contributed by atoms with Crippen molar-refractivity contribution in [3.8, 4) is 5.75 Å². The molecule has 2 aromatic carbocycles. The van der Waals surface area contributed by atoms with Crippen molar-refractivity contribution < 1.29 is 14.3 Å². The molecule has 2 aliphatic rings. The molecule has 4 rings (SSSR count). The van der Waals surface area contributed by atoms with Crippen LogP contribution in [0.5, 0.6) is 5.75 Å². The van der Waals surface area contributed by atoms with E-state index in [4.69, 9.17) is 4.74 Å². The summed E-state index contributed by atoms with van der Waals surface area (Å²) in [6, 6.07) is 14.9. The lowest BCUT2D eigenvalue weighted by Crippen LogP contribution is -2.38. The van der Waals surface area contributed by atoms with Crippen molar-refractivity contribution in [2.24, 2.45) is 5.92 Å². The lowest BCUT2D eigenvalue weighted by atomic mass is 9.98. The molecule has 0 bridgehead atoms. The number of ether oxygens (including phenoxy) is 1. The SMILES string of the molecule is CC1CCN(C(=O)c2ccccc2NC(=O)[C@@H]2Cc3ccccc3O2)CC1. The molecule has 1 atom stereocenters. The smallest absolute Gasteiger partial charge is 0.265 e. The van der Waals surface area contributed by atoms with Crippen LogP contribution in [0.15, 0.2) is 48.5 Å². The Morgan fingerprint density at radius 3 is 2.52 bits per heavy atom. The predicted molar refractivity (Wildman–Crippen MR) is 104 cm³/mol. The third-order valence-electron chi connectivity index (χ3n) is 5.43. The Morgan fingerprint density at radius 1 is 1.04 bits per heavy atom. The van der Waals surface area contributed by atoms with Crippen molar-refractivity contribution in [1.29, 1.82) is 0 Å². The Morgan fingerprint density at radius 2 is 1.74 bits per heavy atom. The van der Waals surface area contributed by atoms with Gasteiger partial charge in [-0.25, -0.2) is 0 Å². The molecule has 2 amide bonds. The van der Waals surface area contributed by atoms with Crippen molar-refractivity contribution in [2.45, 2.75) is 32.3 Å². The van der Waals surface area contributed by atoms with E-state index in [-0.39, 0.29) is 11.8 Å². The molecule has 2 aromatic rings. The molecule has 0 saturated carbocycles. The van der Waals surface area contributed by atoms with Crippen LogP contribution in [0.1, 0.15) is 35.7 Å². The van der Waals surface area contributed by atoms with Crippen LogP contribution in [0.4, 0.5) is 5.69 Å². The topological polar surface area (TPSA) is 58.6 Å². The number of likely N-dealkylation sites (tertiary alicyclic amines) is 1. The number of hydrogen-bond donors (Lipinski definition) is 1. The van der Waals surface area contributed by atoms with Gasteiger partial charge in [-0.1, -0.05) is 37.3 Å². The third-order valence-corrected chi connectivity index (χ3v) is 5.43. The van der Waals surface area contributed by atoms with Gasteiger partial charge in [-0.2, -0.15) is 0 Å². The first-order valence-electron chi connectivity index (χ1n) is 9.55. The van der Waals surface area contributed by atoms with Crippen LogP contribution >= 0.6 is 0 Å². The molecule has 5 heteroatoms. The summed E-state index contributed by atoms with van der Waals surface area (Å²) in [5.41, 5.74) is 2.12. The second kappa shape index (κ2) is 7.43. The summed E-state index contributed by atoms with van der Waals surface area (Å²) in [5, 5.41) is 2.90. The molecule has 27 heavy (non-hydrogen) atoms. The maximum Gasteiger partial charge on any atom is 0.265 e. The van der Waals surface area contributed by atoms with E-state index in [9.17, 15) is 9.59 Å². The van der Waals surface area contributed by atoms with E-state index in [2.05, 4.69) is 12.2 Å². The van der Waals surface area contributed by atoms with E-state index in [1.165, 1.54) is 0 Å². The number of para-hydroxylation sites is 2. The van der Waals surface area contributed by atoms with E-state index in [1.54, 1.807) is 12.1 Å². The minimum atomic E-state index is -0.568. The zero-order valence-corrected chi connectivity index (χ0v) is 15.5. The second-order valence-corrected chi connectivity index (χ2v) is 7.43. The normalized spacial score (nSPS) is 19.3. The second-order valence-electron chi connectivity index (χ2n) is 7.43. The van der Waals surface area contributed by atoms with Gasteiger partial charge in [0.2, 0.25) is 0 Å². The molecule has 2 aliphatic heterocycles. The van der Waals surface area contributed by atoms with E-state index < -0.39 is 6.10 Å². The number of benzene rings is 2. The van der Waals surface area contributed by atoms with E-state index in [0.717, 1.165) is 37.2 Å². The van der Waals surface area contributed by atoms with Crippen LogP contribution in [0.3, 0.4) is 0 Å². The quantitative estimate of drug-likeness (QED) is 0.907. The van der Waals surface area contributed by atoms with Crippen LogP contribution in [0.25, 0.3) is 0 Å². The monoisotopic (exact) mass is 364 g/mol. The molecule has 1 saturated heterocycles. The van der Waals surface area contributed by atoms with E-state index in [1.807, 2.05) is 41.3 Å². The fourth-order valence-electron chi connectivity index (χ4n) is 3.70. The highest BCUT2D eigenvalue weighted by Gasteiger charge is 2.30. The minimum Gasteiger partial charge on any atom is -0.480 e. The summed E-state index contributed by atoms with van der Waals surface area (Å²) in [5.74, 6) is 1.17. The lowest BCUT2D eigenvalue weighted by molar-refractivity contribution is -0.122. The van der Waals surface area contributed by atoms with Gasteiger partial charge in [-0.05, 0) is 42.5 Å². The Balaban J connectivity index is 1.47. The molecular weight excluding hydrogens is 340 g/mol. The lowest BCUT2D eigenvalue weighted by Gasteiger charge is -2.30. The summed E-state index contributed by atoms with van der Waals surface area (Å²) in [4.78, 5) is 27.6. The van der Waals surface area contributed by atoms with Crippen LogP contribution in [-0.2, 0) is 11.2 Å². The first kappa shape index (κ1) is 17.6. The zero-order valence-electron chi connectivity index (χ0n) is 15.5. The molecule has 0 radical (unpaired) electrons. The zero-order chi connectivity index (χ0) is 18.8. The molecular formula is C22H24N2O3. The Kier molecular flexibility index (Phi) is 4.84. The number of amides is 2. The summed E-state index contributed by atoms with van der Waals surface area (Å²) in [6.45, 7) is 3.75. The Bertz CT molecular complexity index is 831. The number of nitrogens with one attached hydrogen (secondary N) is 1. The average molecular weight is 364 g/mol. The number of nitrogens with zero attached hydrogens (tertiary/aromatic N) is 1. The van der Waals surface area contributed by atoms with Crippen molar-refractivity contribution in [3.05, 3.63) is 59.7 Å². The van der Waals surface area contributed by atoms with E-state index >= 15 is 0 Å². The van der Waals surface area contributed by atoms with Gasteiger partial charge in [0.25, 0.3) is 11.8 Å². The number of carbonyl (C=O) groups is 2. The first-order valence-corrected chi connectivity index (χ1v) is 9.55. The molecule has 1 N–H and O–H groups in total. The summed E-state index contributed by atoms with van der Waals surface area (Å²) in [7, 11) is 0. The maximum atomic E-state index is 13.0. The van der Waals surface area contributed by atoms with Crippen LogP contribution in [0, 0.1) is 5.92 Å². The molecule has 2 heterocycles. The van der Waals surface area contributed by atoms with Gasteiger partial charge in [0.1, 0.15) is 5.75 Å². The highest BCUT2D eigenvalue weighted by molar-refractivity contribution is 6.04. The van der Waals surface area contributed by atoms with Gasteiger partial charge in [0.15, 0.2) is 6.10 Å². The predicted octanol–water partition coefficient (Wildman–Crippen LogP) is 3.50. The van der Waals surface area contributed by atoms with Crippen LogP contribution < -0.4 is 10.1 Å². The van der Waals surface area contributed by atoms with Crippen molar-refractivity contribution in [3.63, 3.8) is 0 Å². The maximum absolute atomic E-state index is 13.0. The summed E-state index contributed by atoms with van der Waals surface area (Å²) in [6.07, 6.45) is 2.02. The molecule has 0 unspecified atom stereocenters. The van der Waals surface area contributed by atoms with Gasteiger partial charge in [0, 0.05) is 19.5 Å². The average Bonchev–Trinajstić information content (AvgIpc) is 3.13. The fraction of sp³-hybridized carbons (Fsp3) is 0.364. The van der Waals surface area contributed by atoms with Crippen LogP contribution in [-0.4, -0.2) is 35.9 Å². The molecule has 0 aliphatic carbocycles. The first-order chi connectivity index (χ1) is 13.1. The standard InChI is InChI=1S/C22H24N2O3/c1-15-10-12-24(13-11-15)22(26)17-7-3-4-8-18(17)23-21(25)20-14-16-6-2-5-9-19(16)27-20/h2-9,15,20H,10-14H2,1H3,(H,23,25)/t20-/m0/s1. The summed E-state index contributed by atoms with van der Waals surface area (Å²) >= 11 is 0. The molecule has 5 nitrogen and oxygen atoms in total. The highest BCUT2D eigenvalue weighted by Crippen LogP contribution is 2.29. The molecule has 1 fully saturated rings. The number of carbonyl (C=O) groups excluding carboxylic acids is 2. The largest absolute Gasteiger partial charge is 0.480 e. The molecule has 0 aromatic heterocycles. The summed E-state index contributed by atoms with van der Waals surface area (Å²) < 4.78 is 5.76. The van der Waals surface area contributed by atoms with Gasteiger partial charge < -0.3 is 15.0 Å². The van der Waals surface area contributed by atoms with Crippen molar-refractivity contribution in [2.75, 3.05) is 18.4 Å². The number of fused-ring (bicyclic) bond motifs is 1. The molecule has 0 spiro atoms. The van der Waals surface area contributed by atoms with Gasteiger partial charge in [0.05, 0.1) is 11.3 Å². The third kappa shape index (κ3) is 3.68. The van der Waals surface area contributed by atoms with Gasteiger partial charge >= 0.3 is 0 Å². The number of rotatable bonds is 3. The van der Waals surface area contributed by atoms with Gasteiger partial charge in [-0.15, -0.1) is 0 Å². The molecule has 140 valence electrons. The van der Waals surface area contributed by atoms with Crippen LogP contribution in [0.2, 0.25) is 0 Å². The Hall–Kier alpha value is -2.82. The number of piperidine rings is 1. The fourth-order valence-corrected chi connectivity index (χ4v) is 3.70. The highest BCUT2D eigenvalue weighted by atomic mass is 16.5. The number of hydrogen-bond acceptors (Lipinski definition) is 3.